The molecule has 0 amide bonds. The van der Waals surface area contributed by atoms with Crippen LogP contribution in [0.15, 0.2) is 12.1 Å². The van der Waals surface area contributed by atoms with E-state index in [1.165, 1.54) is 7.11 Å². The van der Waals surface area contributed by atoms with Crippen molar-refractivity contribution in [3.8, 4) is 0 Å². The average Bonchev–Trinajstić information content (AvgIpc) is 2.17. The zero-order valence-electron chi connectivity index (χ0n) is 8.44. The molecule has 16 heavy (non-hydrogen) atoms. The van der Waals surface area contributed by atoms with Crippen LogP contribution in [0.2, 0.25) is 10.3 Å². The molecule has 0 aliphatic heterocycles. The number of ether oxygens (including phenoxy) is 1. The van der Waals surface area contributed by atoms with Crippen LogP contribution in [0.4, 0.5) is 0 Å². The molecule has 0 fully saturated rings. The quantitative estimate of drug-likeness (QED) is 0.684. The molecule has 1 heterocycles. The molecule has 0 saturated heterocycles. The Morgan fingerprint density at radius 2 is 2.19 bits per heavy atom. The van der Waals surface area contributed by atoms with E-state index in [1.54, 1.807) is 12.1 Å². The van der Waals surface area contributed by atoms with E-state index in [9.17, 15) is 4.79 Å². The summed E-state index contributed by atoms with van der Waals surface area (Å²) in [6, 6.07) is 2.68. The predicted octanol–water partition coefficient (Wildman–Crippen LogP) is 2.37. The lowest BCUT2D eigenvalue weighted by Gasteiger charge is -2.11. The second-order valence-corrected chi connectivity index (χ2v) is 3.65. The summed E-state index contributed by atoms with van der Waals surface area (Å²) in [6.45, 7) is 0. The molecule has 4 nitrogen and oxygen atoms in total. The van der Waals surface area contributed by atoms with Gasteiger partial charge in [-0.05, 0) is 6.07 Å². The third-order valence-electron chi connectivity index (χ3n) is 1.86. The van der Waals surface area contributed by atoms with E-state index < -0.39 is 12.0 Å². The number of halogens is 3. The van der Waals surface area contributed by atoms with E-state index in [-0.39, 0.29) is 29.1 Å². The fraction of sp³-hybridized carbons (Fsp3) is 0.333. The number of hydrogen-bond acceptors (Lipinski definition) is 4. The van der Waals surface area contributed by atoms with E-state index in [1.807, 2.05) is 0 Å². The minimum absolute atomic E-state index is 0. The zero-order valence-corrected chi connectivity index (χ0v) is 10.8. The Morgan fingerprint density at radius 1 is 1.56 bits per heavy atom. The third kappa shape index (κ3) is 4.14. The highest BCUT2D eigenvalue weighted by Crippen LogP contribution is 2.23. The van der Waals surface area contributed by atoms with Gasteiger partial charge in [-0.2, -0.15) is 0 Å². The van der Waals surface area contributed by atoms with Crippen molar-refractivity contribution in [1.29, 1.82) is 0 Å². The van der Waals surface area contributed by atoms with Crippen LogP contribution in [0.25, 0.3) is 0 Å². The van der Waals surface area contributed by atoms with Gasteiger partial charge < -0.3 is 10.5 Å². The average molecular weight is 286 g/mol. The van der Waals surface area contributed by atoms with Crippen LogP contribution in [-0.2, 0) is 9.53 Å². The maximum absolute atomic E-state index is 11.0. The van der Waals surface area contributed by atoms with E-state index in [4.69, 9.17) is 28.9 Å². The van der Waals surface area contributed by atoms with Gasteiger partial charge in [0, 0.05) is 11.6 Å². The molecular weight excluding hydrogens is 274 g/mol. The van der Waals surface area contributed by atoms with Gasteiger partial charge in [-0.3, -0.25) is 4.79 Å². The summed E-state index contributed by atoms with van der Waals surface area (Å²) >= 11 is 11.5. The molecule has 1 aromatic rings. The van der Waals surface area contributed by atoms with Crippen molar-refractivity contribution in [1.82, 2.24) is 4.98 Å². The van der Waals surface area contributed by atoms with Crippen LogP contribution in [0.5, 0.6) is 0 Å². The van der Waals surface area contributed by atoms with Crippen molar-refractivity contribution < 1.29 is 9.53 Å². The molecule has 0 spiro atoms. The minimum atomic E-state index is -0.533. The number of aromatic nitrogens is 1. The van der Waals surface area contributed by atoms with E-state index >= 15 is 0 Å². The molecule has 2 N–H and O–H groups in total. The van der Waals surface area contributed by atoms with Crippen molar-refractivity contribution in [2.75, 3.05) is 7.11 Å². The molecule has 0 bridgehead atoms. The number of rotatable bonds is 3. The molecule has 0 aromatic carbocycles. The highest BCUT2D eigenvalue weighted by molar-refractivity contribution is 6.32. The SMILES string of the molecule is COC(=O)C[C@H](N)c1ccc(Cl)nc1Cl.Cl. The van der Waals surface area contributed by atoms with Gasteiger partial charge in [0.15, 0.2) is 0 Å². The topological polar surface area (TPSA) is 65.2 Å². The molecule has 1 aromatic heterocycles. The van der Waals surface area contributed by atoms with Crippen LogP contribution in [0.1, 0.15) is 18.0 Å². The second kappa shape index (κ2) is 6.91. The van der Waals surface area contributed by atoms with Crippen LogP contribution in [0.3, 0.4) is 0 Å². The Morgan fingerprint density at radius 3 is 2.69 bits per heavy atom. The van der Waals surface area contributed by atoms with E-state index in [0.29, 0.717) is 5.56 Å². The summed E-state index contributed by atoms with van der Waals surface area (Å²) in [4.78, 5) is 14.8. The first-order chi connectivity index (χ1) is 7.04. The summed E-state index contributed by atoms with van der Waals surface area (Å²) < 4.78 is 4.50. The van der Waals surface area contributed by atoms with Gasteiger partial charge >= 0.3 is 5.97 Å². The minimum Gasteiger partial charge on any atom is -0.469 e. The van der Waals surface area contributed by atoms with Gasteiger partial charge in [-0.15, -0.1) is 12.4 Å². The molecule has 7 heteroatoms. The Hall–Kier alpha value is -0.550. The maximum atomic E-state index is 11.0. The number of methoxy groups -OCH3 is 1. The van der Waals surface area contributed by atoms with Crippen molar-refractivity contribution in [2.45, 2.75) is 12.5 Å². The fourth-order valence-electron chi connectivity index (χ4n) is 1.07. The normalized spacial score (nSPS) is 11.5. The lowest BCUT2D eigenvalue weighted by atomic mass is 10.1. The summed E-state index contributed by atoms with van der Waals surface area (Å²) in [5.74, 6) is -0.395. The molecule has 0 saturated carbocycles. The molecule has 0 aliphatic carbocycles. The van der Waals surface area contributed by atoms with E-state index in [2.05, 4.69) is 9.72 Å². The Labute approximate surface area is 109 Å². The number of pyridine rings is 1. The zero-order chi connectivity index (χ0) is 11.4. The molecule has 90 valence electrons. The van der Waals surface area contributed by atoms with Crippen molar-refractivity contribution in [3.63, 3.8) is 0 Å². The molecule has 1 rings (SSSR count). The smallest absolute Gasteiger partial charge is 0.307 e. The Balaban J connectivity index is 0.00000225. The number of carbonyl (C=O) groups is 1. The number of nitrogens with zero attached hydrogens (tertiary/aromatic N) is 1. The van der Waals surface area contributed by atoms with Crippen LogP contribution >= 0.6 is 35.6 Å². The largest absolute Gasteiger partial charge is 0.469 e. The molecule has 1 atom stereocenters. The number of nitrogens with two attached hydrogens (primary N) is 1. The number of carbonyl (C=O) groups excluding carboxylic acids is 1. The van der Waals surface area contributed by atoms with Crippen LogP contribution in [0, 0.1) is 0 Å². The van der Waals surface area contributed by atoms with Crippen LogP contribution in [-0.4, -0.2) is 18.1 Å². The van der Waals surface area contributed by atoms with Gasteiger partial charge in [-0.1, -0.05) is 29.3 Å². The highest BCUT2D eigenvalue weighted by Gasteiger charge is 2.15. The summed E-state index contributed by atoms with van der Waals surface area (Å²) in [5, 5.41) is 0.493. The second-order valence-electron chi connectivity index (χ2n) is 2.90. The highest BCUT2D eigenvalue weighted by atomic mass is 35.5. The first-order valence-corrected chi connectivity index (χ1v) is 4.94. The van der Waals surface area contributed by atoms with Gasteiger partial charge in [0.05, 0.1) is 13.5 Å². The lowest BCUT2D eigenvalue weighted by molar-refractivity contribution is -0.141. The van der Waals surface area contributed by atoms with Crippen molar-refractivity contribution in [3.05, 3.63) is 28.0 Å². The van der Waals surface area contributed by atoms with Crippen molar-refractivity contribution >= 4 is 41.6 Å². The standard InChI is InChI=1S/C9H10Cl2N2O2.ClH/c1-15-8(14)4-6(12)5-2-3-7(10)13-9(5)11;/h2-3,6H,4,12H2,1H3;1H/t6-;/m0./s1. The van der Waals surface area contributed by atoms with Gasteiger partial charge in [0.2, 0.25) is 0 Å². The summed E-state index contributed by atoms with van der Waals surface area (Å²) in [6.07, 6.45) is 0.0551. The third-order valence-corrected chi connectivity index (χ3v) is 2.37. The monoisotopic (exact) mass is 284 g/mol. The molecule has 0 aliphatic rings. The Bertz CT molecular complexity index is 374. The number of hydrogen-bond donors (Lipinski definition) is 1. The predicted molar refractivity (Wildman–Crippen MR) is 65.1 cm³/mol. The first kappa shape index (κ1) is 15.4. The van der Waals surface area contributed by atoms with Crippen LogP contribution < -0.4 is 5.73 Å². The molecule has 0 radical (unpaired) electrons. The molecule has 0 unspecified atom stereocenters. The summed E-state index contributed by atoms with van der Waals surface area (Å²) in [5.41, 5.74) is 6.33. The van der Waals surface area contributed by atoms with Gasteiger partial charge in [0.1, 0.15) is 10.3 Å². The molecular formula is C9H11Cl3N2O2. The fourth-order valence-corrected chi connectivity index (χ4v) is 1.56. The lowest BCUT2D eigenvalue weighted by Crippen LogP contribution is -2.17. The van der Waals surface area contributed by atoms with E-state index in [0.717, 1.165) is 0 Å². The van der Waals surface area contributed by atoms with Gasteiger partial charge in [-0.25, -0.2) is 4.98 Å². The first-order valence-electron chi connectivity index (χ1n) is 4.19. The van der Waals surface area contributed by atoms with Gasteiger partial charge in [0.25, 0.3) is 0 Å². The maximum Gasteiger partial charge on any atom is 0.307 e. The van der Waals surface area contributed by atoms with Crippen molar-refractivity contribution in [2.24, 2.45) is 5.73 Å². The summed E-state index contributed by atoms with van der Waals surface area (Å²) in [7, 11) is 1.30. The Kier molecular flexibility index (Phi) is 6.67. The number of esters is 1.